The van der Waals surface area contributed by atoms with E-state index >= 15 is 0 Å². The Kier molecular flexibility index (Phi) is 1.41. The van der Waals surface area contributed by atoms with Crippen LogP contribution in [0.15, 0.2) is 12.7 Å². The van der Waals surface area contributed by atoms with Gasteiger partial charge in [0.1, 0.15) is 12.7 Å². The molecule has 0 atom stereocenters. The third-order valence-electron chi connectivity index (χ3n) is 0.589. The molecule has 1 aromatic heterocycles. The number of aromatic nitrogens is 3. The van der Waals surface area contributed by atoms with Crippen LogP contribution in [0.3, 0.4) is 0 Å². The lowest BCUT2D eigenvalue weighted by atomic mass is 11.2. The number of halogens is 1. The molecule has 4 heteroatoms. The number of rotatable bonds is 1. The van der Waals surface area contributed by atoms with Crippen LogP contribution in [-0.2, 0) is 5.45 Å². The minimum absolute atomic E-state index is 0.715. The van der Waals surface area contributed by atoms with Gasteiger partial charge >= 0.3 is 0 Å². The summed E-state index contributed by atoms with van der Waals surface area (Å²) in [6, 6.07) is 0. The second-order valence-corrected chi connectivity index (χ2v) is 1.56. The Balaban J connectivity index is 2.76. The van der Waals surface area contributed by atoms with E-state index in [0.717, 1.165) is 0 Å². The first kappa shape index (κ1) is 4.77. The van der Waals surface area contributed by atoms with Crippen LogP contribution in [0.25, 0.3) is 0 Å². The minimum atomic E-state index is 0.715. The van der Waals surface area contributed by atoms with Gasteiger partial charge in [-0.15, -0.1) is 0 Å². The van der Waals surface area contributed by atoms with Crippen LogP contribution in [-0.4, -0.2) is 14.8 Å². The summed E-state index contributed by atoms with van der Waals surface area (Å²) in [6.45, 7) is 0. The van der Waals surface area contributed by atoms with Crippen molar-refractivity contribution in [1.29, 1.82) is 0 Å². The van der Waals surface area contributed by atoms with E-state index in [2.05, 4.69) is 26.0 Å². The Morgan fingerprint density at radius 1 is 1.71 bits per heavy atom. The molecule has 0 saturated heterocycles. The predicted molar refractivity (Wildman–Crippen MR) is 28.9 cm³/mol. The van der Waals surface area contributed by atoms with Crippen molar-refractivity contribution < 1.29 is 0 Å². The molecule has 3 nitrogen and oxygen atoms in total. The first-order valence-electron chi connectivity index (χ1n) is 1.82. The smallest absolute Gasteiger partial charge is 0.137 e. The molecule has 0 unspecified atom stereocenters. The molecule has 0 aliphatic heterocycles. The number of hydrogen-bond donors (Lipinski definition) is 0. The van der Waals surface area contributed by atoms with E-state index in [1.165, 1.54) is 6.33 Å². The summed E-state index contributed by atoms with van der Waals surface area (Å²) >= 11 is 3.20. The molecule has 38 valence electrons. The molecule has 1 aromatic rings. The summed E-state index contributed by atoms with van der Waals surface area (Å²) in [5.41, 5.74) is 0.715. The Morgan fingerprint density at radius 2 is 2.57 bits per heavy atom. The standard InChI is InChI=1S/C3H4BrN3/c4-1-7-3-5-2-6-7/h2-3H,1H2. The molecule has 1 heterocycles. The van der Waals surface area contributed by atoms with Gasteiger partial charge in [-0.25, -0.2) is 9.67 Å². The molecule has 0 amide bonds. The van der Waals surface area contributed by atoms with Crippen molar-refractivity contribution in [2.75, 3.05) is 0 Å². The van der Waals surface area contributed by atoms with Gasteiger partial charge in [-0.1, -0.05) is 15.9 Å². The second-order valence-electron chi connectivity index (χ2n) is 1.05. The van der Waals surface area contributed by atoms with Crippen molar-refractivity contribution in [3.63, 3.8) is 0 Å². The van der Waals surface area contributed by atoms with E-state index in [0.29, 0.717) is 5.45 Å². The van der Waals surface area contributed by atoms with E-state index in [1.807, 2.05) is 0 Å². The third-order valence-corrected chi connectivity index (χ3v) is 1.10. The van der Waals surface area contributed by atoms with Gasteiger partial charge in [0.05, 0.1) is 5.45 Å². The fourth-order valence-electron chi connectivity index (χ4n) is 0.294. The molecule has 0 aliphatic carbocycles. The summed E-state index contributed by atoms with van der Waals surface area (Å²) in [6.07, 6.45) is 3.15. The summed E-state index contributed by atoms with van der Waals surface area (Å²) < 4.78 is 1.68. The van der Waals surface area contributed by atoms with Crippen molar-refractivity contribution in [1.82, 2.24) is 14.8 Å². The Morgan fingerprint density at radius 3 is 2.86 bits per heavy atom. The van der Waals surface area contributed by atoms with E-state index < -0.39 is 0 Å². The van der Waals surface area contributed by atoms with E-state index in [4.69, 9.17) is 0 Å². The maximum atomic E-state index is 3.79. The monoisotopic (exact) mass is 161 g/mol. The molecule has 0 aliphatic rings. The maximum absolute atomic E-state index is 3.79. The number of hydrogen-bond acceptors (Lipinski definition) is 2. The minimum Gasteiger partial charge on any atom is -0.242 e. The van der Waals surface area contributed by atoms with Crippen molar-refractivity contribution >= 4 is 15.9 Å². The van der Waals surface area contributed by atoms with Gasteiger partial charge in [-0.2, -0.15) is 5.10 Å². The quantitative estimate of drug-likeness (QED) is 0.567. The number of nitrogens with zero attached hydrogens (tertiary/aromatic N) is 3. The fourth-order valence-corrected chi connectivity index (χ4v) is 0.553. The number of alkyl halides is 1. The fraction of sp³-hybridized carbons (Fsp3) is 0.333. The summed E-state index contributed by atoms with van der Waals surface area (Å²) in [4.78, 5) is 3.71. The Hall–Kier alpha value is -0.380. The van der Waals surface area contributed by atoms with Gasteiger partial charge in [0.15, 0.2) is 0 Å². The zero-order valence-electron chi connectivity index (χ0n) is 3.58. The lowest BCUT2D eigenvalue weighted by molar-refractivity contribution is 0.757. The third kappa shape index (κ3) is 0.991. The molecule has 0 N–H and O–H groups in total. The molecule has 7 heavy (non-hydrogen) atoms. The van der Waals surface area contributed by atoms with Gasteiger partial charge in [0.2, 0.25) is 0 Å². The lowest BCUT2D eigenvalue weighted by Gasteiger charge is -1.83. The predicted octanol–water partition coefficient (Wildman–Crippen LogP) is 0.630. The Bertz CT molecular complexity index is 125. The summed E-state index contributed by atoms with van der Waals surface area (Å²) in [5, 5.41) is 3.79. The van der Waals surface area contributed by atoms with Crippen molar-refractivity contribution in [2.45, 2.75) is 5.45 Å². The topological polar surface area (TPSA) is 30.7 Å². The SMILES string of the molecule is BrCn1cncn1. The van der Waals surface area contributed by atoms with Gasteiger partial charge in [-0.3, -0.25) is 0 Å². The van der Waals surface area contributed by atoms with Gasteiger partial charge < -0.3 is 0 Å². The molecule has 0 fully saturated rings. The summed E-state index contributed by atoms with van der Waals surface area (Å²) in [5.74, 6) is 0. The molecule has 0 aromatic carbocycles. The molecule has 0 bridgehead atoms. The summed E-state index contributed by atoms with van der Waals surface area (Å²) in [7, 11) is 0. The van der Waals surface area contributed by atoms with E-state index in [1.54, 1.807) is 11.0 Å². The van der Waals surface area contributed by atoms with Crippen molar-refractivity contribution in [3.05, 3.63) is 12.7 Å². The van der Waals surface area contributed by atoms with Crippen LogP contribution in [0.5, 0.6) is 0 Å². The van der Waals surface area contributed by atoms with Gasteiger partial charge in [0.25, 0.3) is 0 Å². The first-order valence-corrected chi connectivity index (χ1v) is 2.94. The normalized spacial score (nSPS) is 9.29. The van der Waals surface area contributed by atoms with Crippen LogP contribution in [0.4, 0.5) is 0 Å². The second kappa shape index (κ2) is 2.07. The van der Waals surface area contributed by atoms with Crippen LogP contribution in [0, 0.1) is 0 Å². The molecule has 0 spiro atoms. The van der Waals surface area contributed by atoms with E-state index in [-0.39, 0.29) is 0 Å². The largest absolute Gasteiger partial charge is 0.242 e. The zero-order valence-corrected chi connectivity index (χ0v) is 5.17. The van der Waals surface area contributed by atoms with Crippen molar-refractivity contribution in [3.8, 4) is 0 Å². The molecular weight excluding hydrogens is 158 g/mol. The molecule has 0 saturated carbocycles. The highest BCUT2D eigenvalue weighted by Gasteiger charge is 1.79. The highest BCUT2D eigenvalue weighted by Crippen LogP contribution is 1.84. The molecular formula is C3H4BrN3. The van der Waals surface area contributed by atoms with Crippen LogP contribution in [0.2, 0.25) is 0 Å². The van der Waals surface area contributed by atoms with Crippen LogP contribution < -0.4 is 0 Å². The van der Waals surface area contributed by atoms with Crippen molar-refractivity contribution in [2.24, 2.45) is 0 Å². The van der Waals surface area contributed by atoms with Crippen LogP contribution in [0.1, 0.15) is 0 Å². The van der Waals surface area contributed by atoms with Crippen LogP contribution >= 0.6 is 15.9 Å². The van der Waals surface area contributed by atoms with Gasteiger partial charge in [0, 0.05) is 0 Å². The van der Waals surface area contributed by atoms with Gasteiger partial charge in [-0.05, 0) is 0 Å². The first-order chi connectivity index (χ1) is 3.43. The maximum Gasteiger partial charge on any atom is 0.137 e. The average Bonchev–Trinajstić information content (AvgIpc) is 2.14. The molecule has 0 radical (unpaired) electrons. The van der Waals surface area contributed by atoms with E-state index in [9.17, 15) is 0 Å². The average molecular weight is 162 g/mol. The Labute approximate surface area is 49.5 Å². The molecule has 1 rings (SSSR count). The zero-order chi connectivity index (χ0) is 5.11. The highest BCUT2D eigenvalue weighted by atomic mass is 79.9. The lowest BCUT2D eigenvalue weighted by Crippen LogP contribution is -1.88. The highest BCUT2D eigenvalue weighted by molar-refractivity contribution is 9.08.